The van der Waals surface area contributed by atoms with Crippen LogP contribution in [0.1, 0.15) is 12.8 Å². The molecule has 1 aliphatic heterocycles. The minimum Gasteiger partial charge on any atom is -0.486 e. The molecule has 0 spiro atoms. The van der Waals surface area contributed by atoms with Crippen molar-refractivity contribution in [2.45, 2.75) is 19.4 Å². The van der Waals surface area contributed by atoms with Crippen LogP contribution in [0.15, 0.2) is 17.1 Å². The van der Waals surface area contributed by atoms with Crippen molar-refractivity contribution in [1.29, 1.82) is 0 Å². The van der Waals surface area contributed by atoms with E-state index in [1.807, 2.05) is 12.1 Å². The molecule has 2 aromatic rings. The van der Waals surface area contributed by atoms with Crippen LogP contribution in [0.4, 0.5) is 0 Å². The number of carbonyl (C=O) groups excluding carboxylic acids is 1. The number of aromatic nitrogens is 1. The average molecular weight is 350 g/mol. The Labute approximate surface area is 142 Å². The van der Waals surface area contributed by atoms with E-state index in [2.05, 4.69) is 15.8 Å². The normalized spacial score (nSPS) is 17.7. The fraction of sp³-hybridized carbons (Fsp3) is 0.500. The second-order valence-corrected chi connectivity index (χ2v) is 7.71. The van der Waals surface area contributed by atoms with Crippen LogP contribution in [-0.2, 0) is 11.3 Å². The van der Waals surface area contributed by atoms with E-state index in [0.29, 0.717) is 13.2 Å². The van der Waals surface area contributed by atoms with Crippen LogP contribution in [-0.4, -0.2) is 35.7 Å². The molecule has 0 saturated heterocycles. The molecule has 0 radical (unpaired) electrons. The standard InChI is InChI=1S/C16H18N2O3S2/c1-22-7-4-18-11-8-12-13(21-6-5-20-12)9-14(11)23-16(18)17-15(19)10-2-3-10/h8-10H,2-7H2,1H3. The van der Waals surface area contributed by atoms with Crippen molar-refractivity contribution in [3.63, 3.8) is 0 Å². The molecule has 0 unspecified atom stereocenters. The van der Waals surface area contributed by atoms with Crippen molar-refractivity contribution < 1.29 is 14.3 Å². The number of rotatable bonds is 4. The second kappa shape index (κ2) is 6.20. The highest BCUT2D eigenvalue weighted by molar-refractivity contribution is 7.98. The topological polar surface area (TPSA) is 52.8 Å². The van der Waals surface area contributed by atoms with Crippen LogP contribution >= 0.6 is 23.1 Å². The lowest BCUT2D eigenvalue weighted by Crippen LogP contribution is -2.19. The highest BCUT2D eigenvalue weighted by atomic mass is 32.2. The van der Waals surface area contributed by atoms with E-state index in [1.165, 1.54) is 0 Å². The fourth-order valence-corrected chi connectivity index (χ4v) is 4.04. The third-order valence-corrected chi connectivity index (χ3v) is 5.63. The van der Waals surface area contributed by atoms with E-state index in [1.54, 1.807) is 23.1 Å². The Kier molecular flexibility index (Phi) is 4.07. The van der Waals surface area contributed by atoms with Crippen molar-refractivity contribution in [3.05, 3.63) is 16.9 Å². The minimum absolute atomic E-state index is 0.0201. The van der Waals surface area contributed by atoms with E-state index in [-0.39, 0.29) is 11.8 Å². The van der Waals surface area contributed by atoms with Crippen LogP contribution in [0.5, 0.6) is 11.5 Å². The maximum absolute atomic E-state index is 12.1. The van der Waals surface area contributed by atoms with Gasteiger partial charge in [-0.1, -0.05) is 11.3 Å². The first-order chi connectivity index (χ1) is 11.3. The zero-order valence-corrected chi connectivity index (χ0v) is 14.5. The molecule has 23 heavy (non-hydrogen) atoms. The van der Waals surface area contributed by atoms with Crippen LogP contribution in [0.25, 0.3) is 10.2 Å². The Morgan fingerprint density at radius 2 is 2.09 bits per heavy atom. The molecule has 1 amide bonds. The summed E-state index contributed by atoms with van der Waals surface area (Å²) in [6.07, 6.45) is 4.04. The molecule has 0 N–H and O–H groups in total. The Morgan fingerprint density at radius 3 is 2.78 bits per heavy atom. The van der Waals surface area contributed by atoms with Gasteiger partial charge in [-0.3, -0.25) is 4.79 Å². The van der Waals surface area contributed by atoms with Crippen molar-refractivity contribution >= 4 is 39.2 Å². The maximum Gasteiger partial charge on any atom is 0.251 e. The van der Waals surface area contributed by atoms with E-state index in [9.17, 15) is 4.79 Å². The van der Waals surface area contributed by atoms with Gasteiger partial charge in [0, 0.05) is 30.3 Å². The van der Waals surface area contributed by atoms with Gasteiger partial charge in [0.2, 0.25) is 0 Å². The lowest BCUT2D eigenvalue weighted by atomic mass is 10.2. The van der Waals surface area contributed by atoms with Crippen molar-refractivity contribution in [2.75, 3.05) is 25.2 Å². The maximum atomic E-state index is 12.1. The van der Waals surface area contributed by atoms with Crippen LogP contribution in [0.3, 0.4) is 0 Å². The number of aryl methyl sites for hydroxylation is 1. The lowest BCUT2D eigenvalue weighted by molar-refractivity contribution is -0.119. The first-order valence-electron chi connectivity index (χ1n) is 7.77. The van der Waals surface area contributed by atoms with Gasteiger partial charge < -0.3 is 14.0 Å². The molecule has 4 rings (SSSR count). The monoisotopic (exact) mass is 350 g/mol. The predicted molar refractivity (Wildman–Crippen MR) is 92.5 cm³/mol. The highest BCUT2D eigenvalue weighted by Gasteiger charge is 2.29. The number of nitrogens with zero attached hydrogens (tertiary/aromatic N) is 2. The molecule has 122 valence electrons. The number of benzene rings is 1. The summed E-state index contributed by atoms with van der Waals surface area (Å²) in [6.45, 7) is 1.98. The third-order valence-electron chi connectivity index (χ3n) is 4.00. The van der Waals surface area contributed by atoms with E-state index >= 15 is 0 Å². The Balaban J connectivity index is 1.84. The van der Waals surface area contributed by atoms with Gasteiger partial charge in [-0.25, -0.2) is 0 Å². The molecular weight excluding hydrogens is 332 g/mol. The molecular formula is C16H18N2O3S2. The number of carbonyl (C=O) groups is 1. The van der Waals surface area contributed by atoms with Crippen LogP contribution < -0.4 is 14.3 Å². The first-order valence-corrected chi connectivity index (χ1v) is 9.98. The molecule has 2 aliphatic rings. The molecule has 1 aromatic carbocycles. The average Bonchev–Trinajstić information content (AvgIpc) is 3.35. The van der Waals surface area contributed by atoms with Gasteiger partial charge in [-0.05, 0) is 19.1 Å². The summed E-state index contributed by atoms with van der Waals surface area (Å²) in [5.41, 5.74) is 1.07. The first kappa shape index (κ1) is 15.1. The third kappa shape index (κ3) is 2.99. The van der Waals surface area contributed by atoms with Gasteiger partial charge >= 0.3 is 0 Å². The molecule has 0 bridgehead atoms. The minimum atomic E-state index is 0.0201. The van der Waals surface area contributed by atoms with Gasteiger partial charge in [-0.2, -0.15) is 16.8 Å². The van der Waals surface area contributed by atoms with Gasteiger partial charge in [0.05, 0.1) is 10.2 Å². The van der Waals surface area contributed by atoms with E-state index in [0.717, 1.165) is 51.7 Å². The molecule has 1 saturated carbocycles. The summed E-state index contributed by atoms with van der Waals surface area (Å²) in [7, 11) is 0. The SMILES string of the molecule is CSCCn1c(=NC(=O)C2CC2)sc2cc3c(cc21)OCCO3. The molecule has 1 fully saturated rings. The molecule has 1 aliphatic carbocycles. The zero-order valence-electron chi connectivity index (χ0n) is 12.9. The smallest absolute Gasteiger partial charge is 0.251 e. The number of hydrogen-bond donors (Lipinski definition) is 0. The summed E-state index contributed by atoms with van der Waals surface area (Å²) in [5, 5.41) is 0. The molecule has 0 atom stereocenters. The summed E-state index contributed by atoms with van der Waals surface area (Å²) >= 11 is 3.34. The summed E-state index contributed by atoms with van der Waals surface area (Å²) in [4.78, 5) is 17.3. The Morgan fingerprint density at radius 1 is 1.35 bits per heavy atom. The van der Waals surface area contributed by atoms with Crippen molar-refractivity contribution in [3.8, 4) is 11.5 Å². The summed E-state index contributed by atoms with van der Waals surface area (Å²) in [6, 6.07) is 4.02. The van der Waals surface area contributed by atoms with Gasteiger partial charge in [0.25, 0.3) is 5.91 Å². The highest BCUT2D eigenvalue weighted by Crippen LogP contribution is 2.36. The number of amides is 1. The van der Waals surface area contributed by atoms with Crippen LogP contribution in [0, 0.1) is 5.92 Å². The van der Waals surface area contributed by atoms with E-state index in [4.69, 9.17) is 9.47 Å². The predicted octanol–water partition coefficient (Wildman–Crippen LogP) is 2.67. The summed E-state index contributed by atoms with van der Waals surface area (Å²) < 4.78 is 14.6. The number of fused-ring (bicyclic) bond motifs is 2. The zero-order chi connectivity index (χ0) is 15.8. The second-order valence-electron chi connectivity index (χ2n) is 5.72. The number of thiazole rings is 1. The molecule has 7 heteroatoms. The van der Waals surface area contributed by atoms with Crippen molar-refractivity contribution in [2.24, 2.45) is 10.9 Å². The van der Waals surface area contributed by atoms with Gasteiger partial charge in [0.15, 0.2) is 16.3 Å². The van der Waals surface area contributed by atoms with Crippen LogP contribution in [0.2, 0.25) is 0 Å². The van der Waals surface area contributed by atoms with Crippen molar-refractivity contribution in [1.82, 2.24) is 4.57 Å². The molecule has 2 heterocycles. The molecule has 5 nitrogen and oxygen atoms in total. The summed E-state index contributed by atoms with van der Waals surface area (Å²) in [5.74, 6) is 2.70. The number of hydrogen-bond acceptors (Lipinski definition) is 5. The van der Waals surface area contributed by atoms with E-state index < -0.39 is 0 Å². The Bertz CT molecular complexity index is 821. The molecule has 1 aromatic heterocycles. The quantitative estimate of drug-likeness (QED) is 0.851. The number of ether oxygens (including phenoxy) is 2. The number of thioether (sulfide) groups is 1. The largest absolute Gasteiger partial charge is 0.486 e. The Hall–Kier alpha value is -1.47. The van der Waals surface area contributed by atoms with Gasteiger partial charge in [-0.15, -0.1) is 0 Å². The lowest BCUT2D eigenvalue weighted by Gasteiger charge is -2.18. The fourth-order valence-electron chi connectivity index (χ4n) is 2.61. The van der Waals surface area contributed by atoms with Gasteiger partial charge in [0.1, 0.15) is 13.2 Å².